The van der Waals surface area contributed by atoms with Crippen LogP contribution in [0.5, 0.6) is 5.75 Å². The summed E-state index contributed by atoms with van der Waals surface area (Å²) in [6.07, 6.45) is 1.83. The molecule has 1 aromatic carbocycles. The molecule has 0 bridgehead atoms. The molecule has 10 N–H and O–H groups in total. The van der Waals surface area contributed by atoms with Crippen LogP contribution in [0.3, 0.4) is 0 Å². The van der Waals surface area contributed by atoms with Crippen LogP contribution in [0, 0.1) is 0 Å². The van der Waals surface area contributed by atoms with E-state index >= 15 is 0 Å². The summed E-state index contributed by atoms with van der Waals surface area (Å²) in [5.41, 5.74) is 23.1. The minimum Gasteiger partial charge on any atom is -0.491 e. The first-order chi connectivity index (χ1) is 14.8. The third-order valence-electron chi connectivity index (χ3n) is 4.16. The fourth-order valence-electron chi connectivity index (χ4n) is 2.48. The summed E-state index contributed by atoms with van der Waals surface area (Å²) in [5, 5.41) is 11.7. The van der Waals surface area contributed by atoms with Crippen molar-refractivity contribution >= 4 is 35.1 Å². The van der Waals surface area contributed by atoms with E-state index < -0.39 is 12.0 Å². The molecule has 0 aliphatic carbocycles. The number of halogens is 1. The zero-order chi connectivity index (χ0) is 22.8. The molecule has 1 aromatic heterocycles. The van der Waals surface area contributed by atoms with Crippen molar-refractivity contribution in [1.82, 2.24) is 15.3 Å². The number of unbranched alkanes of at least 4 members (excludes halogenated alkanes) is 1. The second kappa shape index (κ2) is 11.9. The molecule has 0 fully saturated rings. The predicted octanol–water partition coefficient (Wildman–Crippen LogP) is 0.0602. The number of hydrogen-bond acceptors (Lipinski definition) is 9. The molecule has 31 heavy (non-hydrogen) atoms. The van der Waals surface area contributed by atoms with E-state index in [2.05, 4.69) is 20.3 Å². The van der Waals surface area contributed by atoms with Gasteiger partial charge < -0.3 is 32.8 Å². The van der Waals surface area contributed by atoms with E-state index in [1.54, 1.807) is 0 Å². The molecular formula is C19H27ClN8O3. The zero-order valence-corrected chi connectivity index (χ0v) is 17.7. The van der Waals surface area contributed by atoms with Crippen LogP contribution in [-0.4, -0.2) is 52.7 Å². The third kappa shape index (κ3) is 7.89. The van der Waals surface area contributed by atoms with Gasteiger partial charge in [-0.3, -0.25) is 15.1 Å². The van der Waals surface area contributed by atoms with Crippen LogP contribution >= 0.6 is 11.6 Å². The summed E-state index contributed by atoms with van der Waals surface area (Å²) >= 11 is 5.76. The topological polar surface area (TPSA) is 201 Å². The van der Waals surface area contributed by atoms with Gasteiger partial charge in [0.05, 0.1) is 0 Å². The highest BCUT2D eigenvalue weighted by Crippen LogP contribution is 2.17. The van der Waals surface area contributed by atoms with E-state index in [1.807, 2.05) is 24.3 Å². The van der Waals surface area contributed by atoms with Crippen molar-refractivity contribution in [1.29, 1.82) is 0 Å². The van der Waals surface area contributed by atoms with Gasteiger partial charge in [0.25, 0.3) is 5.91 Å². The molecule has 168 valence electrons. The first-order valence-electron chi connectivity index (χ1n) is 9.59. The molecule has 0 saturated carbocycles. The average molecular weight is 451 g/mol. The Balaban J connectivity index is 1.73. The van der Waals surface area contributed by atoms with E-state index in [1.165, 1.54) is 0 Å². The highest BCUT2D eigenvalue weighted by atomic mass is 35.5. The maximum absolute atomic E-state index is 12.2. The number of aliphatic hydroxyl groups is 1. The van der Waals surface area contributed by atoms with Crippen molar-refractivity contribution in [3.05, 3.63) is 40.7 Å². The molecule has 0 spiro atoms. The minimum absolute atomic E-state index is 0.0553. The van der Waals surface area contributed by atoms with Crippen molar-refractivity contribution in [2.45, 2.75) is 25.4 Å². The molecule has 0 aliphatic heterocycles. The number of nitrogen functional groups attached to an aromatic ring is 2. The van der Waals surface area contributed by atoms with E-state index in [0.717, 1.165) is 24.8 Å². The van der Waals surface area contributed by atoms with Crippen LogP contribution in [0.25, 0.3) is 0 Å². The number of benzene rings is 1. The van der Waals surface area contributed by atoms with Gasteiger partial charge in [-0.2, -0.15) is 0 Å². The van der Waals surface area contributed by atoms with E-state index in [0.29, 0.717) is 12.3 Å². The molecular weight excluding hydrogens is 424 g/mol. The predicted molar refractivity (Wildman–Crippen MR) is 120 cm³/mol. The Hall–Kier alpha value is -3.15. The van der Waals surface area contributed by atoms with Crippen molar-refractivity contribution < 1.29 is 14.6 Å². The van der Waals surface area contributed by atoms with Gasteiger partial charge >= 0.3 is 0 Å². The SMILES string of the molecule is NCC(O)COc1ccc(CCCCN=C(N)NC(=O)c2nc(Cl)c(N)nc2N)cc1. The van der Waals surface area contributed by atoms with Crippen LogP contribution in [0.15, 0.2) is 29.3 Å². The fourth-order valence-corrected chi connectivity index (χ4v) is 2.60. The second-order valence-electron chi connectivity index (χ2n) is 6.66. The minimum atomic E-state index is -0.674. The smallest absolute Gasteiger partial charge is 0.280 e. The number of anilines is 2. The Kier molecular flexibility index (Phi) is 9.25. The van der Waals surface area contributed by atoms with Crippen molar-refractivity contribution in [3.63, 3.8) is 0 Å². The number of rotatable bonds is 10. The lowest BCUT2D eigenvalue weighted by Gasteiger charge is -2.10. The molecule has 0 aliphatic rings. The van der Waals surface area contributed by atoms with Gasteiger partial charge in [0, 0.05) is 13.1 Å². The lowest BCUT2D eigenvalue weighted by molar-refractivity contribution is 0.0972. The summed E-state index contributed by atoms with van der Waals surface area (Å²) in [7, 11) is 0. The number of ether oxygens (including phenoxy) is 1. The third-order valence-corrected chi connectivity index (χ3v) is 4.43. The van der Waals surface area contributed by atoms with Crippen molar-refractivity contribution in [3.8, 4) is 5.75 Å². The Bertz CT molecular complexity index is 908. The highest BCUT2D eigenvalue weighted by Gasteiger charge is 2.16. The maximum atomic E-state index is 12.2. The number of aryl methyl sites for hydroxylation is 1. The number of carbonyl (C=O) groups is 1. The van der Waals surface area contributed by atoms with Crippen LogP contribution in [0.2, 0.25) is 5.15 Å². The van der Waals surface area contributed by atoms with Crippen molar-refractivity contribution in [2.75, 3.05) is 31.2 Å². The summed E-state index contributed by atoms with van der Waals surface area (Å²) < 4.78 is 5.44. The Morgan fingerprint density at radius 1 is 1.19 bits per heavy atom. The lowest BCUT2D eigenvalue weighted by Crippen LogP contribution is -2.38. The van der Waals surface area contributed by atoms with Gasteiger partial charge in [0.2, 0.25) is 0 Å². The summed E-state index contributed by atoms with van der Waals surface area (Å²) in [4.78, 5) is 23.8. The van der Waals surface area contributed by atoms with Crippen LogP contribution in [-0.2, 0) is 6.42 Å². The second-order valence-corrected chi connectivity index (χ2v) is 7.01. The number of aliphatic imine (C=N–C) groups is 1. The Morgan fingerprint density at radius 2 is 1.90 bits per heavy atom. The molecule has 11 nitrogen and oxygen atoms in total. The summed E-state index contributed by atoms with van der Waals surface area (Å²) in [5.74, 6) is -0.268. The normalized spacial score (nSPS) is 12.4. The van der Waals surface area contributed by atoms with Gasteiger partial charge in [-0.1, -0.05) is 23.7 Å². The number of nitrogens with zero attached hydrogens (tertiary/aromatic N) is 3. The molecule has 0 saturated heterocycles. The fraction of sp³-hybridized carbons (Fsp3) is 0.368. The summed E-state index contributed by atoms with van der Waals surface area (Å²) in [6.45, 7) is 0.761. The maximum Gasteiger partial charge on any atom is 0.280 e. The average Bonchev–Trinajstić information content (AvgIpc) is 2.75. The number of nitrogens with one attached hydrogen (secondary N) is 1. The molecule has 1 heterocycles. The molecule has 1 unspecified atom stereocenters. The largest absolute Gasteiger partial charge is 0.491 e. The van der Waals surface area contributed by atoms with Gasteiger partial charge in [0.15, 0.2) is 28.4 Å². The first kappa shape index (κ1) is 24.1. The molecule has 1 atom stereocenters. The first-order valence-corrected chi connectivity index (χ1v) is 9.97. The van der Waals surface area contributed by atoms with E-state index in [-0.39, 0.29) is 41.6 Å². The highest BCUT2D eigenvalue weighted by molar-refractivity contribution is 6.31. The zero-order valence-electron chi connectivity index (χ0n) is 16.9. The Labute approximate surface area is 184 Å². The number of aliphatic hydroxyl groups excluding tert-OH is 1. The van der Waals surface area contributed by atoms with Crippen molar-refractivity contribution in [2.24, 2.45) is 16.5 Å². The van der Waals surface area contributed by atoms with Crippen LogP contribution in [0.4, 0.5) is 11.6 Å². The van der Waals surface area contributed by atoms with Gasteiger partial charge in [-0.15, -0.1) is 0 Å². The monoisotopic (exact) mass is 450 g/mol. The number of carbonyl (C=O) groups excluding carboxylic acids is 1. The standard InChI is InChI=1S/C19H27ClN8O3/c20-15-17(23)27-16(22)14(26-15)18(30)28-19(24)25-8-2-1-3-11-4-6-13(7-5-11)31-10-12(29)9-21/h4-7,12,29H,1-3,8-10,21H2,(H4,22,23,27)(H3,24,25,28,30). The van der Waals surface area contributed by atoms with E-state index in [9.17, 15) is 9.90 Å². The summed E-state index contributed by atoms with van der Waals surface area (Å²) in [6, 6.07) is 7.63. The number of aromatic nitrogens is 2. The molecule has 2 aromatic rings. The number of amides is 1. The molecule has 2 rings (SSSR count). The number of nitrogens with two attached hydrogens (primary N) is 4. The quantitative estimate of drug-likeness (QED) is 0.164. The molecule has 1 amide bonds. The van der Waals surface area contributed by atoms with Crippen LogP contribution < -0.4 is 33.0 Å². The number of guanidine groups is 1. The van der Waals surface area contributed by atoms with Gasteiger partial charge in [-0.05, 0) is 37.0 Å². The molecule has 0 radical (unpaired) electrons. The van der Waals surface area contributed by atoms with Gasteiger partial charge in [-0.25, -0.2) is 9.97 Å². The molecule has 12 heteroatoms. The van der Waals surface area contributed by atoms with Crippen LogP contribution in [0.1, 0.15) is 28.9 Å². The van der Waals surface area contributed by atoms with E-state index in [4.69, 9.17) is 39.3 Å². The Morgan fingerprint density at radius 3 is 2.58 bits per heavy atom. The van der Waals surface area contributed by atoms with Gasteiger partial charge in [0.1, 0.15) is 18.5 Å². The number of hydrogen-bond donors (Lipinski definition) is 6. The lowest BCUT2D eigenvalue weighted by atomic mass is 10.1.